The Morgan fingerprint density at radius 1 is 1.25 bits per heavy atom. The predicted octanol–water partition coefficient (Wildman–Crippen LogP) is 2.96. The summed E-state index contributed by atoms with van der Waals surface area (Å²) in [5.74, 6) is 1.42. The van der Waals surface area contributed by atoms with Crippen molar-refractivity contribution in [3.63, 3.8) is 0 Å². The van der Waals surface area contributed by atoms with Gasteiger partial charge in [0.15, 0.2) is 0 Å². The molecule has 0 saturated carbocycles. The number of thiazole rings is 1. The smallest absolute Gasteiger partial charge is 0.277 e. The number of carbonyl (C=O) groups is 1. The van der Waals surface area contributed by atoms with Crippen LogP contribution in [0.25, 0.3) is 11.4 Å². The fourth-order valence-electron chi connectivity index (χ4n) is 3.82. The maximum Gasteiger partial charge on any atom is 0.277 e. The van der Waals surface area contributed by atoms with E-state index in [1.165, 1.54) is 11.3 Å². The number of nitrogens with zero attached hydrogens (tertiary/aromatic N) is 6. The summed E-state index contributed by atoms with van der Waals surface area (Å²) in [5.41, 5.74) is 2.20. The largest absolute Gasteiger partial charge is 0.354 e. The third-order valence-electron chi connectivity index (χ3n) is 5.26. The summed E-state index contributed by atoms with van der Waals surface area (Å²) in [6.45, 7) is 3.45. The van der Waals surface area contributed by atoms with Crippen molar-refractivity contribution in [1.29, 1.82) is 0 Å². The number of amides is 1. The van der Waals surface area contributed by atoms with Crippen molar-refractivity contribution in [1.82, 2.24) is 19.5 Å². The van der Waals surface area contributed by atoms with Crippen molar-refractivity contribution in [3.8, 4) is 11.4 Å². The van der Waals surface area contributed by atoms with Gasteiger partial charge in [0.2, 0.25) is 0 Å². The number of halogens is 1. The van der Waals surface area contributed by atoms with Crippen LogP contribution in [-0.4, -0.2) is 44.7 Å². The fraction of sp³-hybridized carbons (Fsp3) is 0.368. The number of imidazole rings is 1. The molecule has 7 nitrogen and oxygen atoms in total. The number of pyridine rings is 1. The zero-order chi connectivity index (χ0) is 19.4. The second-order valence-electron chi connectivity index (χ2n) is 7.14. The lowest BCUT2D eigenvalue weighted by Crippen LogP contribution is -2.24. The van der Waals surface area contributed by atoms with Crippen LogP contribution in [0, 0.1) is 6.92 Å². The predicted molar refractivity (Wildman–Crippen MR) is 106 cm³/mol. The van der Waals surface area contributed by atoms with E-state index in [2.05, 4.69) is 9.97 Å². The van der Waals surface area contributed by atoms with Gasteiger partial charge in [-0.05, 0) is 25.5 Å². The van der Waals surface area contributed by atoms with Crippen LogP contribution in [0.5, 0.6) is 0 Å². The third-order valence-corrected chi connectivity index (χ3v) is 6.19. The van der Waals surface area contributed by atoms with E-state index >= 15 is 0 Å². The van der Waals surface area contributed by atoms with E-state index in [1.807, 2.05) is 35.6 Å². The van der Waals surface area contributed by atoms with Gasteiger partial charge in [0.05, 0.1) is 30.0 Å². The summed E-state index contributed by atoms with van der Waals surface area (Å²) >= 11 is 1.50. The number of rotatable bonds is 3. The van der Waals surface area contributed by atoms with E-state index in [0.29, 0.717) is 37.6 Å². The summed E-state index contributed by atoms with van der Waals surface area (Å²) in [6, 6.07) is 3.82. The highest BCUT2D eigenvalue weighted by atomic mass is 32.1. The van der Waals surface area contributed by atoms with Crippen LogP contribution in [0.2, 0.25) is 0 Å². The lowest BCUT2D eigenvalue weighted by atomic mass is 10.2. The first-order chi connectivity index (χ1) is 13.5. The first-order valence-corrected chi connectivity index (χ1v) is 9.98. The molecule has 5 rings (SSSR count). The molecular weight excluding hydrogens is 379 g/mol. The van der Waals surface area contributed by atoms with E-state index in [1.54, 1.807) is 17.3 Å². The Kier molecular flexibility index (Phi) is 3.94. The second-order valence-corrected chi connectivity index (χ2v) is 8.35. The summed E-state index contributed by atoms with van der Waals surface area (Å²) in [7, 11) is 1.85. The van der Waals surface area contributed by atoms with Crippen molar-refractivity contribution in [3.05, 3.63) is 40.9 Å². The molecule has 1 amide bonds. The van der Waals surface area contributed by atoms with Gasteiger partial charge in [-0.2, -0.15) is 0 Å². The Morgan fingerprint density at radius 2 is 2.11 bits per heavy atom. The van der Waals surface area contributed by atoms with Crippen molar-refractivity contribution in [2.24, 2.45) is 7.05 Å². The average molecular weight is 398 g/mol. The van der Waals surface area contributed by atoms with Gasteiger partial charge in [0.25, 0.3) is 5.91 Å². The number of hydrogen-bond acceptors (Lipinski definition) is 6. The Morgan fingerprint density at radius 3 is 2.71 bits per heavy atom. The van der Waals surface area contributed by atoms with Crippen LogP contribution in [0.3, 0.4) is 0 Å². The summed E-state index contributed by atoms with van der Waals surface area (Å²) < 4.78 is 15.2. The maximum absolute atomic E-state index is 13.4. The molecular formula is C19H19FN6OS. The molecule has 1 atom stereocenters. The van der Waals surface area contributed by atoms with Crippen LogP contribution >= 0.6 is 11.3 Å². The normalized spacial score (nSPS) is 19.0. The highest BCUT2D eigenvalue weighted by Crippen LogP contribution is 2.34. The van der Waals surface area contributed by atoms with Crippen LogP contribution < -0.4 is 9.80 Å². The molecule has 1 saturated heterocycles. The molecule has 144 valence electrons. The number of aromatic nitrogens is 4. The van der Waals surface area contributed by atoms with Gasteiger partial charge in [0.1, 0.15) is 28.5 Å². The van der Waals surface area contributed by atoms with Gasteiger partial charge in [-0.3, -0.25) is 9.69 Å². The van der Waals surface area contributed by atoms with Crippen molar-refractivity contribution < 1.29 is 9.18 Å². The highest BCUT2D eigenvalue weighted by Gasteiger charge is 2.35. The zero-order valence-corrected chi connectivity index (χ0v) is 16.4. The van der Waals surface area contributed by atoms with E-state index in [4.69, 9.17) is 4.98 Å². The van der Waals surface area contributed by atoms with Crippen LogP contribution in [0.4, 0.5) is 15.2 Å². The molecule has 2 aliphatic rings. The number of hydrogen-bond donors (Lipinski definition) is 0. The molecule has 0 aliphatic carbocycles. The van der Waals surface area contributed by atoms with E-state index in [9.17, 15) is 9.18 Å². The van der Waals surface area contributed by atoms with E-state index in [-0.39, 0.29) is 5.91 Å². The van der Waals surface area contributed by atoms with Crippen LogP contribution in [0.1, 0.15) is 27.6 Å². The second kappa shape index (κ2) is 6.37. The molecule has 0 aromatic carbocycles. The summed E-state index contributed by atoms with van der Waals surface area (Å²) in [5, 5.41) is 1.76. The Hall–Kier alpha value is -2.81. The van der Waals surface area contributed by atoms with Crippen molar-refractivity contribution >= 4 is 28.1 Å². The quantitative estimate of drug-likeness (QED) is 0.679. The molecule has 0 N–H and O–H groups in total. The standard InChI is InChI=1S/C19H19FN6OS/c1-11-21-8-16(28-11)26-10-14-17(19(26)27)24(2)18(23-14)12-3-4-15(22-7-12)25-6-5-13(20)9-25/h3-4,7-8,13H,5-6,9-10H2,1-2H3/t13-/m1/s1. The Balaban J connectivity index is 1.42. The first kappa shape index (κ1) is 17.3. The van der Waals surface area contributed by atoms with Gasteiger partial charge < -0.3 is 9.47 Å². The van der Waals surface area contributed by atoms with Gasteiger partial charge in [-0.15, -0.1) is 11.3 Å². The van der Waals surface area contributed by atoms with Crippen molar-refractivity contribution in [2.45, 2.75) is 26.1 Å². The topological polar surface area (TPSA) is 67.2 Å². The molecule has 9 heteroatoms. The molecule has 1 fully saturated rings. The Bertz CT molecular complexity index is 1060. The van der Waals surface area contributed by atoms with Crippen LogP contribution in [-0.2, 0) is 13.6 Å². The monoisotopic (exact) mass is 398 g/mol. The summed E-state index contributed by atoms with van der Waals surface area (Å²) in [4.78, 5) is 30.0. The molecule has 2 aliphatic heterocycles. The minimum absolute atomic E-state index is 0.0597. The molecule has 0 bridgehead atoms. The van der Waals surface area contributed by atoms with Gasteiger partial charge in [-0.25, -0.2) is 19.3 Å². The number of alkyl halides is 1. The lowest BCUT2D eigenvalue weighted by molar-refractivity contribution is 0.0990. The van der Waals surface area contributed by atoms with E-state index in [0.717, 1.165) is 27.1 Å². The number of aryl methyl sites for hydroxylation is 1. The Labute approximate surface area is 165 Å². The molecule has 28 heavy (non-hydrogen) atoms. The zero-order valence-electron chi connectivity index (χ0n) is 15.6. The van der Waals surface area contributed by atoms with Gasteiger partial charge in [-0.1, -0.05) is 0 Å². The number of carbonyl (C=O) groups excluding carboxylic acids is 1. The number of fused-ring (bicyclic) bond motifs is 1. The maximum atomic E-state index is 13.4. The SMILES string of the molecule is Cc1ncc(N2Cc3nc(-c4ccc(N5CC[C@@H](F)C5)nc4)n(C)c3C2=O)s1. The van der Waals surface area contributed by atoms with Crippen LogP contribution in [0.15, 0.2) is 24.5 Å². The molecule has 0 unspecified atom stereocenters. The average Bonchev–Trinajstić information content (AvgIpc) is 3.43. The van der Waals surface area contributed by atoms with Gasteiger partial charge >= 0.3 is 0 Å². The first-order valence-electron chi connectivity index (χ1n) is 9.16. The molecule has 5 heterocycles. The third kappa shape index (κ3) is 2.69. The molecule has 0 spiro atoms. The summed E-state index contributed by atoms with van der Waals surface area (Å²) in [6.07, 6.45) is 3.24. The minimum atomic E-state index is -0.782. The number of anilines is 2. The van der Waals surface area contributed by atoms with Gasteiger partial charge in [0, 0.05) is 25.4 Å². The highest BCUT2D eigenvalue weighted by molar-refractivity contribution is 7.15. The molecule has 3 aromatic rings. The minimum Gasteiger partial charge on any atom is -0.354 e. The van der Waals surface area contributed by atoms with Crippen molar-refractivity contribution in [2.75, 3.05) is 22.9 Å². The molecule has 3 aromatic heterocycles. The van der Waals surface area contributed by atoms with E-state index < -0.39 is 6.17 Å². The molecule has 0 radical (unpaired) electrons. The lowest BCUT2D eigenvalue weighted by Gasteiger charge is -2.16. The fourth-order valence-corrected chi connectivity index (χ4v) is 4.60.